The van der Waals surface area contributed by atoms with Gasteiger partial charge in [-0.2, -0.15) is 0 Å². The second-order valence-corrected chi connectivity index (χ2v) is 4.25. The Labute approximate surface area is 106 Å². The van der Waals surface area contributed by atoms with Crippen LogP contribution in [0.1, 0.15) is 5.56 Å². The monoisotopic (exact) mass is 247 g/mol. The molecule has 0 aliphatic heterocycles. The van der Waals surface area contributed by atoms with E-state index in [-0.39, 0.29) is 12.4 Å². The second kappa shape index (κ2) is 5.82. The van der Waals surface area contributed by atoms with Gasteiger partial charge >= 0.3 is 0 Å². The molecule has 1 atom stereocenters. The predicted molar refractivity (Wildman–Crippen MR) is 70.4 cm³/mol. The summed E-state index contributed by atoms with van der Waals surface area (Å²) in [6, 6.07) is 11.4. The van der Waals surface area contributed by atoms with Crippen molar-refractivity contribution in [3.05, 3.63) is 42.0 Å². The number of benzene rings is 2. The lowest BCUT2D eigenvalue weighted by Crippen LogP contribution is -2.29. The van der Waals surface area contributed by atoms with E-state index in [2.05, 4.69) is 5.32 Å². The molecule has 2 aromatic carbocycles. The van der Waals surface area contributed by atoms with Crippen LogP contribution in [0.4, 0.5) is 0 Å². The molecule has 1 unspecified atom stereocenters. The van der Waals surface area contributed by atoms with Gasteiger partial charge in [-0.1, -0.05) is 30.3 Å². The maximum atomic E-state index is 9.88. The van der Waals surface area contributed by atoms with E-state index < -0.39 is 6.10 Å². The first kappa shape index (κ1) is 12.8. The van der Waals surface area contributed by atoms with Crippen LogP contribution in [0.25, 0.3) is 10.8 Å². The molecule has 0 spiro atoms. The molecule has 4 nitrogen and oxygen atoms in total. The van der Waals surface area contributed by atoms with Gasteiger partial charge in [0.15, 0.2) is 0 Å². The molecular formula is C14H17NO3. The Hall–Kier alpha value is -1.62. The van der Waals surface area contributed by atoms with Gasteiger partial charge in [0.2, 0.25) is 0 Å². The number of nitrogens with one attached hydrogen (secondary N) is 1. The van der Waals surface area contributed by atoms with Crippen molar-refractivity contribution in [3.63, 3.8) is 0 Å². The zero-order valence-electron chi connectivity index (χ0n) is 10.0. The zero-order chi connectivity index (χ0) is 13.0. The third kappa shape index (κ3) is 2.79. The summed E-state index contributed by atoms with van der Waals surface area (Å²) < 4.78 is 0. The van der Waals surface area contributed by atoms with Gasteiger partial charge in [0.05, 0.1) is 12.7 Å². The predicted octanol–water partition coefficient (Wildman–Crippen LogP) is 0.988. The van der Waals surface area contributed by atoms with E-state index in [1.165, 1.54) is 0 Å². The minimum atomic E-state index is -0.776. The third-order valence-corrected chi connectivity index (χ3v) is 2.91. The van der Waals surface area contributed by atoms with Crippen molar-refractivity contribution < 1.29 is 15.3 Å². The molecule has 2 rings (SSSR count). The van der Waals surface area contributed by atoms with Crippen LogP contribution in [0, 0.1) is 0 Å². The molecule has 0 saturated carbocycles. The Kier molecular flexibility index (Phi) is 4.15. The number of aliphatic hydroxyl groups is 2. The Morgan fingerprint density at radius 3 is 2.67 bits per heavy atom. The Morgan fingerprint density at radius 1 is 1.11 bits per heavy atom. The van der Waals surface area contributed by atoms with Crippen LogP contribution >= 0.6 is 0 Å². The number of hydrogen-bond donors (Lipinski definition) is 4. The highest BCUT2D eigenvalue weighted by atomic mass is 16.3. The molecule has 18 heavy (non-hydrogen) atoms. The fraction of sp³-hybridized carbons (Fsp3) is 0.286. The lowest BCUT2D eigenvalue weighted by Gasteiger charge is -2.12. The number of phenols is 1. The molecule has 0 saturated heterocycles. The topological polar surface area (TPSA) is 72.7 Å². The summed E-state index contributed by atoms with van der Waals surface area (Å²) in [5, 5.41) is 32.9. The standard InChI is InChI=1S/C14H17NO3/c16-9-11(17)7-15-8-13-12-4-2-1-3-10(12)5-6-14(13)18/h1-6,11,15-18H,7-9H2. The smallest absolute Gasteiger partial charge is 0.120 e. The average Bonchev–Trinajstić information content (AvgIpc) is 2.41. The van der Waals surface area contributed by atoms with Crippen molar-refractivity contribution in [2.45, 2.75) is 12.6 Å². The van der Waals surface area contributed by atoms with Gasteiger partial charge in [-0.3, -0.25) is 0 Å². The van der Waals surface area contributed by atoms with E-state index in [0.29, 0.717) is 13.1 Å². The minimum Gasteiger partial charge on any atom is -0.508 e. The van der Waals surface area contributed by atoms with Crippen molar-refractivity contribution in [2.75, 3.05) is 13.2 Å². The maximum absolute atomic E-state index is 9.88. The summed E-state index contributed by atoms with van der Waals surface area (Å²) in [6.45, 7) is 0.470. The fourth-order valence-electron chi connectivity index (χ4n) is 1.94. The highest BCUT2D eigenvalue weighted by Gasteiger charge is 2.07. The van der Waals surface area contributed by atoms with Crippen molar-refractivity contribution in [3.8, 4) is 5.75 Å². The van der Waals surface area contributed by atoms with Crippen LogP contribution in [-0.2, 0) is 6.54 Å². The molecule has 0 aliphatic rings. The second-order valence-electron chi connectivity index (χ2n) is 4.25. The van der Waals surface area contributed by atoms with Gasteiger partial charge in [-0.15, -0.1) is 0 Å². The van der Waals surface area contributed by atoms with Gasteiger partial charge in [0.1, 0.15) is 5.75 Å². The summed E-state index contributed by atoms with van der Waals surface area (Å²) in [5.41, 5.74) is 0.804. The van der Waals surface area contributed by atoms with Crippen LogP contribution in [0.3, 0.4) is 0 Å². The van der Waals surface area contributed by atoms with Crippen LogP contribution in [0.5, 0.6) is 5.75 Å². The number of phenolic OH excluding ortho intramolecular Hbond substituents is 1. The summed E-state index contributed by atoms with van der Waals surface area (Å²) in [4.78, 5) is 0. The molecule has 2 aromatic rings. The lowest BCUT2D eigenvalue weighted by atomic mass is 10.0. The maximum Gasteiger partial charge on any atom is 0.120 e. The number of aliphatic hydroxyl groups excluding tert-OH is 2. The minimum absolute atomic E-state index is 0.236. The van der Waals surface area contributed by atoms with Gasteiger partial charge in [0, 0.05) is 18.7 Å². The largest absolute Gasteiger partial charge is 0.508 e. The molecule has 0 aromatic heterocycles. The zero-order valence-corrected chi connectivity index (χ0v) is 10.0. The van der Waals surface area contributed by atoms with Crippen LogP contribution in [0.2, 0.25) is 0 Å². The number of fused-ring (bicyclic) bond motifs is 1. The molecule has 0 bridgehead atoms. The summed E-state index contributed by atoms with van der Waals surface area (Å²) in [6.07, 6.45) is -0.776. The number of aromatic hydroxyl groups is 1. The van der Waals surface area contributed by atoms with E-state index in [0.717, 1.165) is 16.3 Å². The van der Waals surface area contributed by atoms with Gasteiger partial charge in [-0.05, 0) is 16.8 Å². The molecule has 0 fully saturated rings. The number of hydrogen-bond acceptors (Lipinski definition) is 4. The molecule has 4 heteroatoms. The lowest BCUT2D eigenvalue weighted by molar-refractivity contribution is 0.0942. The first-order valence-electron chi connectivity index (χ1n) is 5.91. The van der Waals surface area contributed by atoms with Crippen LogP contribution < -0.4 is 5.32 Å². The normalized spacial score (nSPS) is 12.8. The van der Waals surface area contributed by atoms with Gasteiger partial charge in [-0.25, -0.2) is 0 Å². The molecule has 96 valence electrons. The van der Waals surface area contributed by atoms with Gasteiger partial charge < -0.3 is 20.6 Å². The Bertz CT molecular complexity index is 527. The Balaban J connectivity index is 2.18. The summed E-state index contributed by atoms with van der Waals surface area (Å²) in [5.74, 6) is 0.236. The van der Waals surface area contributed by atoms with Crippen molar-refractivity contribution in [1.82, 2.24) is 5.32 Å². The van der Waals surface area contributed by atoms with E-state index in [4.69, 9.17) is 5.11 Å². The molecule has 0 radical (unpaired) electrons. The molecule has 0 amide bonds. The van der Waals surface area contributed by atoms with E-state index in [9.17, 15) is 10.2 Å². The molecule has 0 heterocycles. The highest BCUT2D eigenvalue weighted by molar-refractivity contribution is 5.87. The summed E-state index contributed by atoms with van der Waals surface area (Å²) in [7, 11) is 0. The van der Waals surface area contributed by atoms with Crippen molar-refractivity contribution in [2.24, 2.45) is 0 Å². The highest BCUT2D eigenvalue weighted by Crippen LogP contribution is 2.26. The molecule has 0 aliphatic carbocycles. The third-order valence-electron chi connectivity index (χ3n) is 2.91. The van der Waals surface area contributed by atoms with Crippen LogP contribution in [0.15, 0.2) is 36.4 Å². The SMILES string of the molecule is OCC(O)CNCc1c(O)ccc2ccccc12. The first-order valence-corrected chi connectivity index (χ1v) is 5.91. The van der Waals surface area contributed by atoms with Crippen LogP contribution in [-0.4, -0.2) is 34.6 Å². The Morgan fingerprint density at radius 2 is 1.89 bits per heavy atom. The molecular weight excluding hydrogens is 230 g/mol. The van der Waals surface area contributed by atoms with E-state index >= 15 is 0 Å². The number of rotatable bonds is 5. The summed E-state index contributed by atoms with van der Waals surface area (Å²) >= 11 is 0. The van der Waals surface area contributed by atoms with E-state index in [1.54, 1.807) is 6.07 Å². The first-order chi connectivity index (χ1) is 8.72. The average molecular weight is 247 g/mol. The van der Waals surface area contributed by atoms with Crippen molar-refractivity contribution >= 4 is 10.8 Å². The van der Waals surface area contributed by atoms with Crippen molar-refractivity contribution in [1.29, 1.82) is 0 Å². The van der Waals surface area contributed by atoms with Gasteiger partial charge in [0.25, 0.3) is 0 Å². The van der Waals surface area contributed by atoms with E-state index in [1.807, 2.05) is 30.3 Å². The fourth-order valence-corrected chi connectivity index (χ4v) is 1.94. The molecule has 4 N–H and O–H groups in total. The quantitative estimate of drug-likeness (QED) is 0.636.